The zero-order valence-corrected chi connectivity index (χ0v) is 8.72. The molecule has 5 heteroatoms. The zero-order chi connectivity index (χ0) is 10.6. The van der Waals surface area contributed by atoms with Crippen LogP contribution in [0, 0.1) is 0 Å². The molecule has 1 aromatic rings. The van der Waals surface area contributed by atoms with Crippen LogP contribution < -0.4 is 10.6 Å². The van der Waals surface area contributed by atoms with Gasteiger partial charge in [0.05, 0.1) is 12.2 Å². The van der Waals surface area contributed by atoms with Crippen molar-refractivity contribution in [3.8, 4) is 0 Å². The predicted molar refractivity (Wildman–Crippen MR) is 53.7 cm³/mol. The highest BCUT2D eigenvalue weighted by Crippen LogP contribution is 1.97. The molecule has 0 radical (unpaired) electrons. The van der Waals surface area contributed by atoms with E-state index in [1.54, 1.807) is 6.20 Å². The Morgan fingerprint density at radius 1 is 1.57 bits per heavy atom. The largest absolute Gasteiger partial charge is 0.334 e. The Bertz CT molecular complexity index is 286. The van der Waals surface area contributed by atoms with Gasteiger partial charge in [-0.25, -0.2) is 4.79 Å². The third-order valence-electron chi connectivity index (χ3n) is 1.49. The number of nitrogens with one attached hydrogen (secondary N) is 3. The van der Waals surface area contributed by atoms with Crippen LogP contribution in [0.4, 0.5) is 4.79 Å². The smallest absolute Gasteiger partial charge is 0.315 e. The van der Waals surface area contributed by atoms with E-state index in [1.165, 1.54) is 0 Å². The highest BCUT2D eigenvalue weighted by Gasteiger charge is 2.12. The highest BCUT2D eigenvalue weighted by molar-refractivity contribution is 5.74. The minimum atomic E-state index is -0.210. The summed E-state index contributed by atoms with van der Waals surface area (Å²) in [7, 11) is 0. The molecule has 0 atom stereocenters. The molecule has 0 bridgehead atoms. The first-order chi connectivity index (χ1) is 6.47. The average Bonchev–Trinajstić information content (AvgIpc) is 2.49. The summed E-state index contributed by atoms with van der Waals surface area (Å²) in [4.78, 5) is 11.3. The van der Waals surface area contributed by atoms with Crippen LogP contribution in [-0.2, 0) is 6.54 Å². The fourth-order valence-electron chi connectivity index (χ4n) is 0.943. The van der Waals surface area contributed by atoms with Crippen LogP contribution in [0.5, 0.6) is 0 Å². The van der Waals surface area contributed by atoms with Gasteiger partial charge in [-0.05, 0) is 26.8 Å². The van der Waals surface area contributed by atoms with Gasteiger partial charge < -0.3 is 10.6 Å². The first-order valence-corrected chi connectivity index (χ1v) is 4.52. The van der Waals surface area contributed by atoms with Gasteiger partial charge in [0, 0.05) is 11.7 Å². The average molecular weight is 196 g/mol. The number of hydrogen-bond donors (Lipinski definition) is 3. The summed E-state index contributed by atoms with van der Waals surface area (Å²) in [5, 5.41) is 12.1. The molecule has 0 fully saturated rings. The second kappa shape index (κ2) is 4.13. The number of aromatic amines is 1. The van der Waals surface area contributed by atoms with E-state index in [0.29, 0.717) is 6.54 Å². The standard InChI is InChI=1S/C9H16N4O/c1-9(2,3)12-8(14)10-6-7-4-5-11-13-7/h4-5H,6H2,1-3H3,(H,11,13)(H2,10,12,14). The second-order valence-electron chi connectivity index (χ2n) is 4.14. The summed E-state index contributed by atoms with van der Waals surface area (Å²) in [6.07, 6.45) is 1.65. The molecule has 3 N–H and O–H groups in total. The lowest BCUT2D eigenvalue weighted by Crippen LogP contribution is -2.46. The van der Waals surface area contributed by atoms with Gasteiger partial charge in [0.15, 0.2) is 0 Å². The van der Waals surface area contributed by atoms with Crippen molar-refractivity contribution in [1.29, 1.82) is 0 Å². The van der Waals surface area contributed by atoms with E-state index in [1.807, 2.05) is 26.8 Å². The lowest BCUT2D eigenvalue weighted by molar-refractivity contribution is 0.231. The maximum absolute atomic E-state index is 11.3. The third kappa shape index (κ3) is 3.93. The van der Waals surface area contributed by atoms with Crippen LogP contribution in [0.2, 0.25) is 0 Å². The SMILES string of the molecule is CC(C)(C)NC(=O)NCc1ccn[nH]1. The van der Waals surface area contributed by atoms with Crippen molar-refractivity contribution in [1.82, 2.24) is 20.8 Å². The van der Waals surface area contributed by atoms with E-state index in [9.17, 15) is 4.79 Å². The maximum Gasteiger partial charge on any atom is 0.315 e. The van der Waals surface area contributed by atoms with Crippen LogP contribution in [0.15, 0.2) is 12.3 Å². The molecular formula is C9H16N4O. The third-order valence-corrected chi connectivity index (χ3v) is 1.49. The van der Waals surface area contributed by atoms with Crippen LogP contribution >= 0.6 is 0 Å². The van der Waals surface area contributed by atoms with Crippen LogP contribution in [0.25, 0.3) is 0 Å². The molecular weight excluding hydrogens is 180 g/mol. The summed E-state index contributed by atoms with van der Waals surface area (Å²) >= 11 is 0. The van der Waals surface area contributed by atoms with Gasteiger partial charge in [-0.2, -0.15) is 5.10 Å². The molecule has 0 aliphatic rings. The van der Waals surface area contributed by atoms with Gasteiger partial charge in [0.25, 0.3) is 0 Å². The second-order valence-corrected chi connectivity index (χ2v) is 4.14. The number of amides is 2. The van der Waals surface area contributed by atoms with Gasteiger partial charge in [0.2, 0.25) is 0 Å². The van der Waals surface area contributed by atoms with Gasteiger partial charge in [-0.3, -0.25) is 5.10 Å². The van der Waals surface area contributed by atoms with E-state index >= 15 is 0 Å². The number of H-pyrrole nitrogens is 1. The summed E-state index contributed by atoms with van der Waals surface area (Å²) in [5.41, 5.74) is 0.673. The molecule has 0 aliphatic heterocycles. The Balaban J connectivity index is 2.29. The van der Waals surface area contributed by atoms with Gasteiger partial charge in [-0.1, -0.05) is 0 Å². The van der Waals surface area contributed by atoms with Crippen molar-refractivity contribution in [2.75, 3.05) is 0 Å². The van der Waals surface area contributed by atoms with Crippen molar-refractivity contribution in [3.63, 3.8) is 0 Å². The summed E-state index contributed by atoms with van der Waals surface area (Å²) in [5.74, 6) is 0. The quantitative estimate of drug-likeness (QED) is 0.660. The summed E-state index contributed by atoms with van der Waals surface area (Å²) in [6.45, 7) is 6.26. The number of urea groups is 1. The van der Waals surface area contributed by atoms with E-state index in [2.05, 4.69) is 20.8 Å². The molecule has 1 heterocycles. The maximum atomic E-state index is 11.3. The minimum Gasteiger partial charge on any atom is -0.334 e. The van der Waals surface area contributed by atoms with Gasteiger partial charge in [-0.15, -0.1) is 0 Å². The van der Waals surface area contributed by atoms with E-state index in [0.717, 1.165) is 5.69 Å². The summed E-state index contributed by atoms with van der Waals surface area (Å²) < 4.78 is 0. The van der Waals surface area contributed by atoms with E-state index < -0.39 is 0 Å². The fourth-order valence-corrected chi connectivity index (χ4v) is 0.943. The fraction of sp³-hybridized carbons (Fsp3) is 0.556. The predicted octanol–water partition coefficient (Wildman–Crippen LogP) is 1.01. The number of hydrogen-bond acceptors (Lipinski definition) is 2. The Morgan fingerprint density at radius 3 is 2.79 bits per heavy atom. The lowest BCUT2D eigenvalue weighted by Gasteiger charge is -2.20. The number of aromatic nitrogens is 2. The van der Waals surface area contributed by atoms with Gasteiger partial charge in [0.1, 0.15) is 0 Å². The molecule has 0 saturated carbocycles. The summed E-state index contributed by atoms with van der Waals surface area (Å²) in [6, 6.07) is 1.64. The van der Waals surface area contributed by atoms with Crippen LogP contribution in [0.3, 0.4) is 0 Å². The Hall–Kier alpha value is -1.52. The molecule has 1 rings (SSSR count). The first kappa shape index (κ1) is 10.6. The molecule has 2 amide bonds. The molecule has 5 nitrogen and oxygen atoms in total. The number of carbonyl (C=O) groups excluding carboxylic acids is 1. The highest BCUT2D eigenvalue weighted by atomic mass is 16.2. The molecule has 1 aromatic heterocycles. The molecule has 14 heavy (non-hydrogen) atoms. The topological polar surface area (TPSA) is 69.8 Å². The van der Waals surface area contributed by atoms with E-state index in [-0.39, 0.29) is 11.6 Å². The zero-order valence-electron chi connectivity index (χ0n) is 8.72. The Labute approximate surface area is 83.3 Å². The van der Waals surface area contributed by atoms with Crippen LogP contribution in [-0.4, -0.2) is 21.8 Å². The van der Waals surface area contributed by atoms with Gasteiger partial charge >= 0.3 is 6.03 Å². The molecule has 78 valence electrons. The van der Waals surface area contributed by atoms with Crippen molar-refractivity contribution >= 4 is 6.03 Å². The lowest BCUT2D eigenvalue weighted by atomic mass is 10.1. The normalized spacial score (nSPS) is 11.1. The monoisotopic (exact) mass is 196 g/mol. The Morgan fingerprint density at radius 2 is 2.29 bits per heavy atom. The minimum absolute atomic E-state index is 0.174. The van der Waals surface area contributed by atoms with Crippen molar-refractivity contribution in [2.24, 2.45) is 0 Å². The first-order valence-electron chi connectivity index (χ1n) is 4.52. The number of rotatable bonds is 2. The Kier molecular flexibility index (Phi) is 3.11. The van der Waals surface area contributed by atoms with Crippen molar-refractivity contribution in [2.45, 2.75) is 32.9 Å². The number of nitrogens with zero attached hydrogens (tertiary/aromatic N) is 1. The molecule has 0 unspecified atom stereocenters. The molecule has 0 saturated heterocycles. The van der Waals surface area contributed by atoms with Crippen molar-refractivity contribution < 1.29 is 4.79 Å². The number of carbonyl (C=O) groups is 1. The van der Waals surface area contributed by atoms with E-state index in [4.69, 9.17) is 0 Å². The van der Waals surface area contributed by atoms with Crippen LogP contribution in [0.1, 0.15) is 26.5 Å². The molecule has 0 spiro atoms. The molecule has 0 aromatic carbocycles. The molecule has 0 aliphatic carbocycles. The van der Waals surface area contributed by atoms with Crippen molar-refractivity contribution in [3.05, 3.63) is 18.0 Å².